The van der Waals surface area contributed by atoms with E-state index in [-0.39, 0.29) is 0 Å². The number of pyridine rings is 1. The first-order valence-electron chi connectivity index (χ1n) is 5.54. The van der Waals surface area contributed by atoms with Crippen LogP contribution in [-0.2, 0) is 0 Å². The quantitative estimate of drug-likeness (QED) is 0.701. The number of benzene rings is 1. The third-order valence-electron chi connectivity index (χ3n) is 2.67. The van der Waals surface area contributed by atoms with Crippen molar-refractivity contribution in [1.82, 2.24) is 14.8 Å². The summed E-state index contributed by atoms with van der Waals surface area (Å²) in [6, 6.07) is 11.6. The number of nitrogens with zero attached hydrogens (tertiary/aromatic N) is 3. The molecule has 0 radical (unpaired) electrons. The molecule has 2 heterocycles. The molecular weight excluding hydrogens is 246 g/mol. The first-order valence-corrected chi connectivity index (χ1v) is 5.92. The monoisotopic (exact) mass is 255 g/mol. The molecule has 0 saturated heterocycles. The lowest BCUT2D eigenvalue weighted by Gasteiger charge is -1.99. The average molecular weight is 256 g/mol. The van der Waals surface area contributed by atoms with Gasteiger partial charge in [-0.05, 0) is 29.8 Å². The minimum absolute atomic E-state index is 0.735. The predicted octanol–water partition coefficient (Wildman–Crippen LogP) is 3.59. The summed E-state index contributed by atoms with van der Waals surface area (Å²) in [6.45, 7) is 0. The van der Waals surface area contributed by atoms with Crippen molar-refractivity contribution in [2.75, 3.05) is 0 Å². The fourth-order valence-electron chi connectivity index (χ4n) is 1.74. The minimum Gasteiger partial charge on any atom is -0.262 e. The third kappa shape index (κ3) is 2.13. The Morgan fingerprint density at radius 1 is 0.944 bits per heavy atom. The van der Waals surface area contributed by atoms with Gasteiger partial charge in [0.25, 0.3) is 0 Å². The lowest BCUT2D eigenvalue weighted by Crippen LogP contribution is -1.93. The Kier molecular flexibility index (Phi) is 2.82. The van der Waals surface area contributed by atoms with Crippen molar-refractivity contribution in [3.8, 4) is 16.8 Å². The lowest BCUT2D eigenvalue weighted by molar-refractivity contribution is 0.874. The first-order chi connectivity index (χ1) is 8.83. The van der Waals surface area contributed by atoms with Crippen molar-refractivity contribution in [3.05, 3.63) is 66.2 Å². The summed E-state index contributed by atoms with van der Waals surface area (Å²) in [7, 11) is 0. The largest absolute Gasteiger partial charge is 0.262 e. The van der Waals surface area contributed by atoms with E-state index in [4.69, 9.17) is 11.6 Å². The molecule has 0 saturated carbocycles. The van der Waals surface area contributed by atoms with Gasteiger partial charge in [0.15, 0.2) is 0 Å². The van der Waals surface area contributed by atoms with E-state index in [9.17, 15) is 0 Å². The second-order valence-corrected chi connectivity index (χ2v) is 4.33. The summed E-state index contributed by atoms with van der Waals surface area (Å²) in [5.41, 5.74) is 3.09. The van der Waals surface area contributed by atoms with E-state index in [2.05, 4.69) is 10.1 Å². The van der Waals surface area contributed by atoms with Gasteiger partial charge in [0.1, 0.15) is 0 Å². The average Bonchev–Trinajstić information content (AvgIpc) is 2.90. The van der Waals surface area contributed by atoms with Gasteiger partial charge in [-0.15, -0.1) is 0 Å². The van der Waals surface area contributed by atoms with Crippen molar-refractivity contribution >= 4 is 11.6 Å². The third-order valence-corrected chi connectivity index (χ3v) is 2.92. The van der Waals surface area contributed by atoms with Crippen LogP contribution in [0.25, 0.3) is 16.8 Å². The van der Waals surface area contributed by atoms with Crippen LogP contribution < -0.4 is 0 Å². The molecule has 18 heavy (non-hydrogen) atoms. The van der Waals surface area contributed by atoms with E-state index in [1.54, 1.807) is 17.1 Å². The highest BCUT2D eigenvalue weighted by molar-refractivity contribution is 6.30. The predicted molar refractivity (Wildman–Crippen MR) is 71.8 cm³/mol. The topological polar surface area (TPSA) is 30.7 Å². The zero-order valence-corrected chi connectivity index (χ0v) is 10.2. The van der Waals surface area contributed by atoms with Gasteiger partial charge in [-0.2, -0.15) is 5.10 Å². The normalized spacial score (nSPS) is 10.5. The molecule has 0 fully saturated rings. The number of hydrogen-bond acceptors (Lipinski definition) is 2. The van der Waals surface area contributed by atoms with E-state index < -0.39 is 0 Å². The number of aromatic nitrogens is 3. The van der Waals surface area contributed by atoms with E-state index in [1.165, 1.54) is 0 Å². The van der Waals surface area contributed by atoms with Gasteiger partial charge in [0.2, 0.25) is 0 Å². The van der Waals surface area contributed by atoms with Gasteiger partial charge in [-0.3, -0.25) is 4.98 Å². The summed E-state index contributed by atoms with van der Waals surface area (Å²) in [4.78, 5) is 4.08. The van der Waals surface area contributed by atoms with Crippen molar-refractivity contribution in [1.29, 1.82) is 0 Å². The maximum atomic E-state index is 5.87. The highest BCUT2D eigenvalue weighted by atomic mass is 35.5. The van der Waals surface area contributed by atoms with Crippen molar-refractivity contribution in [2.45, 2.75) is 0 Å². The summed E-state index contributed by atoms with van der Waals surface area (Å²) >= 11 is 5.87. The molecule has 3 rings (SSSR count). The first kappa shape index (κ1) is 11.0. The van der Waals surface area contributed by atoms with Gasteiger partial charge in [0, 0.05) is 23.0 Å². The van der Waals surface area contributed by atoms with Gasteiger partial charge < -0.3 is 0 Å². The highest BCUT2D eigenvalue weighted by Gasteiger charge is 2.03. The van der Waals surface area contributed by atoms with E-state index in [0.717, 1.165) is 21.8 Å². The summed E-state index contributed by atoms with van der Waals surface area (Å²) in [5, 5.41) is 5.06. The molecule has 0 N–H and O–H groups in total. The number of hydrogen-bond donors (Lipinski definition) is 0. The van der Waals surface area contributed by atoms with Gasteiger partial charge in [0.05, 0.1) is 18.1 Å². The van der Waals surface area contributed by atoms with Gasteiger partial charge in [-0.25, -0.2) is 4.68 Å². The van der Waals surface area contributed by atoms with Crippen LogP contribution in [0, 0.1) is 0 Å². The molecule has 3 nitrogen and oxygen atoms in total. The summed E-state index contributed by atoms with van der Waals surface area (Å²) in [5.74, 6) is 0. The van der Waals surface area contributed by atoms with Crippen LogP contribution >= 0.6 is 11.6 Å². The van der Waals surface area contributed by atoms with Crippen molar-refractivity contribution in [2.24, 2.45) is 0 Å². The molecule has 0 atom stereocenters. The summed E-state index contributed by atoms with van der Waals surface area (Å²) in [6.07, 6.45) is 7.32. The maximum absolute atomic E-state index is 5.87. The van der Waals surface area contributed by atoms with Crippen LogP contribution in [0.4, 0.5) is 0 Å². The molecule has 3 aromatic rings. The SMILES string of the molecule is Clc1ccc(-c2cnn(-c3cccnc3)c2)cc1. The Balaban J connectivity index is 1.97. The van der Waals surface area contributed by atoms with Crippen LogP contribution in [0.1, 0.15) is 0 Å². The Labute approximate surface area is 110 Å². The van der Waals surface area contributed by atoms with E-state index in [0.29, 0.717) is 0 Å². The van der Waals surface area contributed by atoms with Crippen molar-refractivity contribution < 1.29 is 0 Å². The number of halogens is 1. The van der Waals surface area contributed by atoms with Crippen LogP contribution in [-0.4, -0.2) is 14.8 Å². The smallest absolute Gasteiger partial charge is 0.0828 e. The molecule has 0 aliphatic rings. The molecule has 0 spiro atoms. The van der Waals surface area contributed by atoms with Crippen molar-refractivity contribution in [3.63, 3.8) is 0 Å². The molecule has 0 aliphatic carbocycles. The summed E-state index contributed by atoms with van der Waals surface area (Å²) < 4.78 is 1.80. The van der Waals surface area contributed by atoms with E-state index >= 15 is 0 Å². The van der Waals surface area contributed by atoms with Crippen LogP contribution in [0.15, 0.2) is 61.2 Å². The molecule has 0 aliphatic heterocycles. The fourth-order valence-corrected chi connectivity index (χ4v) is 1.87. The zero-order chi connectivity index (χ0) is 12.4. The molecule has 0 bridgehead atoms. The lowest BCUT2D eigenvalue weighted by atomic mass is 10.1. The highest BCUT2D eigenvalue weighted by Crippen LogP contribution is 2.21. The van der Waals surface area contributed by atoms with Crippen LogP contribution in [0.2, 0.25) is 5.02 Å². The molecular formula is C14H10ClN3. The Morgan fingerprint density at radius 3 is 2.50 bits per heavy atom. The van der Waals surface area contributed by atoms with E-state index in [1.807, 2.05) is 48.8 Å². The second kappa shape index (κ2) is 4.63. The molecule has 4 heteroatoms. The number of rotatable bonds is 2. The Bertz CT molecular complexity index is 644. The van der Waals surface area contributed by atoms with Gasteiger partial charge >= 0.3 is 0 Å². The second-order valence-electron chi connectivity index (χ2n) is 3.89. The molecule has 0 amide bonds. The minimum atomic E-state index is 0.735. The molecule has 2 aromatic heterocycles. The Hall–Kier alpha value is -2.13. The van der Waals surface area contributed by atoms with Crippen LogP contribution in [0.3, 0.4) is 0 Å². The standard InChI is InChI=1S/C14H10ClN3/c15-13-5-3-11(4-6-13)12-8-17-18(10-12)14-2-1-7-16-9-14/h1-10H. The molecule has 1 aromatic carbocycles. The molecule has 88 valence electrons. The zero-order valence-electron chi connectivity index (χ0n) is 9.49. The van der Waals surface area contributed by atoms with Gasteiger partial charge in [-0.1, -0.05) is 23.7 Å². The molecule has 0 unspecified atom stereocenters. The fraction of sp³-hybridized carbons (Fsp3) is 0. The Morgan fingerprint density at radius 2 is 1.78 bits per heavy atom. The maximum Gasteiger partial charge on any atom is 0.0828 e. The van der Waals surface area contributed by atoms with Crippen LogP contribution in [0.5, 0.6) is 0 Å².